The van der Waals surface area contributed by atoms with Crippen LogP contribution in [-0.2, 0) is 6.18 Å². The first-order valence-electron chi connectivity index (χ1n) is 5.59. The molecule has 0 unspecified atom stereocenters. The van der Waals surface area contributed by atoms with Gasteiger partial charge in [-0.25, -0.2) is 0 Å². The van der Waals surface area contributed by atoms with E-state index in [4.69, 9.17) is 0 Å². The Hall–Kier alpha value is -2.52. The fourth-order valence-electron chi connectivity index (χ4n) is 1.71. The number of aromatic hydroxyl groups is 1. The smallest absolute Gasteiger partial charge is 0.455 e. The maximum Gasteiger partial charge on any atom is 0.455 e. The van der Waals surface area contributed by atoms with E-state index in [-0.39, 0.29) is 10.4 Å². The van der Waals surface area contributed by atoms with Crippen LogP contribution in [0.1, 0.15) is 16.1 Å². The Morgan fingerprint density at radius 3 is 2.05 bits per heavy atom. The van der Waals surface area contributed by atoms with Crippen molar-refractivity contribution in [1.29, 1.82) is 0 Å². The minimum Gasteiger partial charge on any atom is -0.493 e. The highest BCUT2D eigenvalue weighted by Gasteiger charge is 2.49. The number of rotatable bonds is 2. The highest BCUT2D eigenvalue weighted by molar-refractivity contribution is 6.03. The van der Waals surface area contributed by atoms with Gasteiger partial charge in [0, 0.05) is 0 Å². The van der Waals surface area contributed by atoms with Crippen molar-refractivity contribution < 1.29 is 36.2 Å². The van der Waals surface area contributed by atoms with E-state index in [1.165, 1.54) is 30.3 Å². The molecule has 0 spiro atoms. The lowest BCUT2D eigenvalue weighted by Gasteiger charge is -2.07. The van der Waals surface area contributed by atoms with Gasteiger partial charge in [0.05, 0.1) is 5.69 Å². The summed E-state index contributed by atoms with van der Waals surface area (Å²) in [7, 11) is 0. The van der Waals surface area contributed by atoms with E-state index in [2.05, 4.69) is 5.10 Å². The molecule has 0 atom stereocenters. The van der Waals surface area contributed by atoms with Crippen molar-refractivity contribution in [3.05, 3.63) is 41.6 Å². The summed E-state index contributed by atoms with van der Waals surface area (Å²) in [4.78, 5) is 11.2. The number of carbonyl (C=O) groups is 1. The number of carbonyl (C=O) groups excluding carboxylic acids is 1. The number of halogens is 6. The Labute approximate surface area is 118 Å². The Bertz CT molecular complexity index is 703. The molecular formula is C12H6F6N2O2. The van der Waals surface area contributed by atoms with E-state index in [1.807, 2.05) is 0 Å². The number of hydrogen-bond acceptors (Lipinski definition) is 3. The molecule has 118 valence electrons. The van der Waals surface area contributed by atoms with Gasteiger partial charge in [0.15, 0.2) is 5.69 Å². The van der Waals surface area contributed by atoms with Crippen molar-refractivity contribution in [2.75, 3.05) is 0 Å². The number of alkyl halides is 6. The molecular weight excluding hydrogens is 318 g/mol. The first kappa shape index (κ1) is 15.9. The summed E-state index contributed by atoms with van der Waals surface area (Å²) in [6, 6.07) is 6.64. The molecule has 1 aromatic carbocycles. The second kappa shape index (κ2) is 5.04. The summed E-state index contributed by atoms with van der Waals surface area (Å²) in [5.41, 5.74) is -4.16. The number of hydrogen-bond donors (Lipinski definition) is 1. The first-order valence-corrected chi connectivity index (χ1v) is 5.59. The Kier molecular flexibility index (Phi) is 3.63. The van der Waals surface area contributed by atoms with Gasteiger partial charge in [-0.05, 0) is 12.1 Å². The summed E-state index contributed by atoms with van der Waals surface area (Å²) in [5.74, 6) is -4.35. The zero-order valence-corrected chi connectivity index (χ0v) is 10.4. The van der Waals surface area contributed by atoms with Gasteiger partial charge < -0.3 is 5.11 Å². The Morgan fingerprint density at radius 1 is 1.05 bits per heavy atom. The predicted octanol–water partition coefficient (Wildman–Crippen LogP) is 3.34. The molecule has 0 aliphatic rings. The van der Waals surface area contributed by atoms with Crippen molar-refractivity contribution in [3.8, 4) is 11.6 Å². The number of ketones is 1. The quantitative estimate of drug-likeness (QED) is 0.681. The van der Waals surface area contributed by atoms with E-state index in [9.17, 15) is 36.2 Å². The first-order chi connectivity index (χ1) is 10.0. The van der Waals surface area contributed by atoms with Crippen LogP contribution in [0.25, 0.3) is 5.69 Å². The zero-order valence-electron chi connectivity index (χ0n) is 10.4. The third-order valence-corrected chi connectivity index (χ3v) is 2.61. The molecule has 10 heteroatoms. The lowest BCUT2D eigenvalue weighted by molar-refractivity contribution is -0.142. The zero-order chi connectivity index (χ0) is 16.7. The highest BCUT2D eigenvalue weighted by Crippen LogP contribution is 2.39. The highest BCUT2D eigenvalue weighted by atomic mass is 19.4. The monoisotopic (exact) mass is 324 g/mol. The van der Waals surface area contributed by atoms with E-state index in [0.717, 1.165) is 0 Å². The van der Waals surface area contributed by atoms with Gasteiger partial charge in [0.1, 0.15) is 5.56 Å². The average molecular weight is 324 g/mol. The van der Waals surface area contributed by atoms with E-state index < -0.39 is 35.3 Å². The number of para-hydroxylation sites is 1. The lowest BCUT2D eigenvalue weighted by atomic mass is 10.1. The van der Waals surface area contributed by atoms with Crippen molar-refractivity contribution in [2.45, 2.75) is 12.4 Å². The summed E-state index contributed by atoms with van der Waals surface area (Å²) in [5, 5.41) is 12.5. The molecule has 1 N–H and O–H groups in total. The third kappa shape index (κ3) is 2.76. The SMILES string of the molecule is O=C(c1c(C(F)(F)F)nn(-c2ccccc2)c1O)C(F)(F)F. The summed E-state index contributed by atoms with van der Waals surface area (Å²) >= 11 is 0. The van der Waals surface area contributed by atoms with E-state index >= 15 is 0 Å². The van der Waals surface area contributed by atoms with Crippen molar-refractivity contribution in [2.24, 2.45) is 0 Å². The van der Waals surface area contributed by atoms with Gasteiger partial charge in [0.25, 0.3) is 5.78 Å². The number of aromatic nitrogens is 2. The van der Waals surface area contributed by atoms with Crippen molar-refractivity contribution >= 4 is 5.78 Å². The molecule has 0 amide bonds. The van der Waals surface area contributed by atoms with Crippen LogP contribution >= 0.6 is 0 Å². The van der Waals surface area contributed by atoms with Crippen LogP contribution in [0.4, 0.5) is 26.3 Å². The van der Waals surface area contributed by atoms with Crippen molar-refractivity contribution in [3.63, 3.8) is 0 Å². The number of benzene rings is 1. The van der Waals surface area contributed by atoms with Crippen molar-refractivity contribution in [1.82, 2.24) is 9.78 Å². The average Bonchev–Trinajstić information content (AvgIpc) is 2.75. The van der Waals surface area contributed by atoms with Gasteiger partial charge >= 0.3 is 12.4 Å². The molecule has 0 fully saturated rings. The maximum absolute atomic E-state index is 12.8. The molecule has 2 rings (SSSR count). The molecule has 1 heterocycles. The predicted molar refractivity (Wildman–Crippen MR) is 60.6 cm³/mol. The second-order valence-corrected chi connectivity index (χ2v) is 4.12. The number of nitrogens with zero attached hydrogens (tertiary/aromatic N) is 2. The van der Waals surface area contributed by atoms with Crippen LogP contribution < -0.4 is 0 Å². The fraction of sp³-hybridized carbons (Fsp3) is 0.167. The molecule has 1 aromatic heterocycles. The molecule has 0 saturated carbocycles. The maximum atomic E-state index is 12.8. The molecule has 0 saturated heterocycles. The van der Waals surface area contributed by atoms with Crippen LogP contribution in [0.2, 0.25) is 0 Å². The normalized spacial score (nSPS) is 12.5. The lowest BCUT2D eigenvalue weighted by Crippen LogP contribution is -2.25. The van der Waals surface area contributed by atoms with Crippen LogP contribution in [0.5, 0.6) is 5.88 Å². The van der Waals surface area contributed by atoms with E-state index in [0.29, 0.717) is 0 Å². The Balaban J connectivity index is 2.72. The fourth-order valence-corrected chi connectivity index (χ4v) is 1.71. The van der Waals surface area contributed by atoms with Gasteiger partial charge in [-0.2, -0.15) is 36.1 Å². The van der Waals surface area contributed by atoms with Crippen LogP contribution in [0.15, 0.2) is 30.3 Å². The summed E-state index contributed by atoms with van der Waals surface area (Å²) in [6.45, 7) is 0. The third-order valence-electron chi connectivity index (χ3n) is 2.61. The minimum atomic E-state index is -5.58. The molecule has 0 aliphatic heterocycles. The molecule has 2 aromatic rings. The molecule has 22 heavy (non-hydrogen) atoms. The summed E-state index contributed by atoms with van der Waals surface area (Å²) < 4.78 is 75.9. The summed E-state index contributed by atoms with van der Waals surface area (Å²) in [6.07, 6.45) is -10.9. The molecule has 0 aliphatic carbocycles. The van der Waals surface area contributed by atoms with Crippen LogP contribution in [-0.4, -0.2) is 26.8 Å². The van der Waals surface area contributed by atoms with Gasteiger partial charge in [-0.3, -0.25) is 4.79 Å². The minimum absolute atomic E-state index is 0.133. The number of Topliss-reactive ketones (excluding diaryl/α,β-unsaturated/α-hetero) is 1. The Morgan fingerprint density at radius 2 is 1.59 bits per heavy atom. The van der Waals surface area contributed by atoms with Gasteiger partial charge in [-0.15, -0.1) is 0 Å². The molecule has 4 nitrogen and oxygen atoms in total. The van der Waals surface area contributed by atoms with Crippen LogP contribution in [0, 0.1) is 0 Å². The topological polar surface area (TPSA) is 55.1 Å². The largest absolute Gasteiger partial charge is 0.493 e. The molecule has 0 bridgehead atoms. The van der Waals surface area contributed by atoms with E-state index in [1.54, 1.807) is 0 Å². The van der Waals surface area contributed by atoms with Gasteiger partial charge in [-0.1, -0.05) is 18.2 Å². The molecule has 0 radical (unpaired) electrons. The van der Waals surface area contributed by atoms with Crippen LogP contribution in [0.3, 0.4) is 0 Å². The standard InChI is InChI=1S/C12H6F6N2O2/c13-11(14,15)8-7(9(21)12(16,17)18)10(22)20(19-8)6-4-2-1-3-5-6/h1-5,22H. The van der Waals surface area contributed by atoms with Gasteiger partial charge in [0.2, 0.25) is 5.88 Å². The second-order valence-electron chi connectivity index (χ2n) is 4.12.